The summed E-state index contributed by atoms with van der Waals surface area (Å²) in [5.74, 6) is 0.645. The van der Waals surface area contributed by atoms with E-state index in [0.717, 1.165) is 26.2 Å². The van der Waals surface area contributed by atoms with Crippen LogP contribution in [0.2, 0.25) is 0 Å². The van der Waals surface area contributed by atoms with Crippen LogP contribution in [0.15, 0.2) is 48.8 Å². The molecule has 3 heteroatoms. The van der Waals surface area contributed by atoms with E-state index in [0.29, 0.717) is 5.92 Å². The molecule has 1 aromatic heterocycles. The van der Waals surface area contributed by atoms with E-state index >= 15 is 0 Å². The molecule has 0 aliphatic carbocycles. The minimum absolute atomic E-state index is 0.645. The molecule has 0 saturated carbocycles. The van der Waals surface area contributed by atoms with Gasteiger partial charge in [-0.15, -0.1) is 0 Å². The SMILES string of the molecule is CCNCc1cnccc1N1CCC(c2ccccc2)C1. The molecule has 1 aliphatic heterocycles. The van der Waals surface area contributed by atoms with Gasteiger partial charge in [-0.3, -0.25) is 4.98 Å². The molecule has 1 saturated heterocycles. The topological polar surface area (TPSA) is 28.2 Å². The van der Waals surface area contributed by atoms with Crippen LogP contribution in [-0.2, 0) is 6.54 Å². The van der Waals surface area contributed by atoms with E-state index in [2.05, 4.69) is 58.5 Å². The van der Waals surface area contributed by atoms with Crippen LogP contribution < -0.4 is 10.2 Å². The van der Waals surface area contributed by atoms with E-state index in [1.165, 1.54) is 23.2 Å². The normalized spacial score (nSPS) is 18.1. The number of aromatic nitrogens is 1. The lowest BCUT2D eigenvalue weighted by Gasteiger charge is -2.22. The molecule has 1 unspecified atom stereocenters. The van der Waals surface area contributed by atoms with Crippen molar-refractivity contribution < 1.29 is 0 Å². The summed E-state index contributed by atoms with van der Waals surface area (Å²) in [7, 11) is 0. The van der Waals surface area contributed by atoms with Gasteiger partial charge in [0.1, 0.15) is 0 Å². The standard InChI is InChI=1S/C18H23N3/c1-2-19-12-17-13-20-10-8-18(17)21-11-9-16(14-21)15-6-4-3-5-7-15/h3-8,10,13,16,19H,2,9,11-12,14H2,1H3. The van der Waals surface area contributed by atoms with Gasteiger partial charge in [0.15, 0.2) is 0 Å². The van der Waals surface area contributed by atoms with Gasteiger partial charge < -0.3 is 10.2 Å². The third-order valence-electron chi connectivity index (χ3n) is 4.24. The molecule has 1 aliphatic rings. The fraction of sp³-hybridized carbons (Fsp3) is 0.389. The number of anilines is 1. The molecule has 0 amide bonds. The van der Waals surface area contributed by atoms with Crippen molar-refractivity contribution in [2.24, 2.45) is 0 Å². The first-order valence-corrected chi connectivity index (χ1v) is 7.82. The second kappa shape index (κ2) is 6.72. The van der Waals surface area contributed by atoms with E-state index in [1.807, 2.05) is 12.4 Å². The average Bonchev–Trinajstić information content (AvgIpc) is 3.04. The van der Waals surface area contributed by atoms with Gasteiger partial charge >= 0.3 is 0 Å². The summed E-state index contributed by atoms with van der Waals surface area (Å²) < 4.78 is 0. The largest absolute Gasteiger partial charge is 0.371 e. The number of rotatable bonds is 5. The van der Waals surface area contributed by atoms with Crippen molar-refractivity contribution in [1.29, 1.82) is 0 Å². The van der Waals surface area contributed by atoms with Crippen molar-refractivity contribution in [3.05, 3.63) is 59.9 Å². The van der Waals surface area contributed by atoms with Gasteiger partial charge in [-0.05, 0) is 24.6 Å². The number of pyridine rings is 1. The lowest BCUT2D eigenvalue weighted by atomic mass is 9.99. The Labute approximate surface area is 127 Å². The zero-order chi connectivity index (χ0) is 14.5. The predicted octanol–water partition coefficient (Wildman–Crippen LogP) is 3.19. The number of hydrogen-bond donors (Lipinski definition) is 1. The van der Waals surface area contributed by atoms with E-state index < -0.39 is 0 Å². The van der Waals surface area contributed by atoms with Crippen molar-refractivity contribution in [3.63, 3.8) is 0 Å². The highest BCUT2D eigenvalue weighted by Crippen LogP contribution is 2.32. The maximum Gasteiger partial charge on any atom is 0.0443 e. The first-order valence-electron chi connectivity index (χ1n) is 7.82. The Morgan fingerprint density at radius 3 is 2.90 bits per heavy atom. The van der Waals surface area contributed by atoms with Crippen LogP contribution in [0.1, 0.15) is 30.4 Å². The lowest BCUT2D eigenvalue weighted by Crippen LogP contribution is -2.22. The zero-order valence-electron chi connectivity index (χ0n) is 12.6. The zero-order valence-corrected chi connectivity index (χ0v) is 12.6. The van der Waals surface area contributed by atoms with Crippen LogP contribution in [0, 0.1) is 0 Å². The summed E-state index contributed by atoms with van der Waals surface area (Å²) >= 11 is 0. The van der Waals surface area contributed by atoms with Crippen LogP contribution in [-0.4, -0.2) is 24.6 Å². The molecule has 2 aromatic rings. The third kappa shape index (κ3) is 3.24. The second-order valence-electron chi connectivity index (χ2n) is 5.63. The molecule has 1 fully saturated rings. The van der Waals surface area contributed by atoms with Crippen LogP contribution in [0.25, 0.3) is 0 Å². The van der Waals surface area contributed by atoms with Crippen LogP contribution in [0.5, 0.6) is 0 Å². The van der Waals surface area contributed by atoms with Gasteiger partial charge in [0.2, 0.25) is 0 Å². The Balaban J connectivity index is 1.74. The van der Waals surface area contributed by atoms with Crippen LogP contribution >= 0.6 is 0 Å². The minimum atomic E-state index is 0.645. The van der Waals surface area contributed by atoms with E-state index in [-0.39, 0.29) is 0 Å². The fourth-order valence-corrected chi connectivity index (χ4v) is 3.10. The Bertz CT molecular complexity index is 568. The van der Waals surface area contributed by atoms with Gasteiger partial charge in [-0.2, -0.15) is 0 Å². The number of hydrogen-bond acceptors (Lipinski definition) is 3. The van der Waals surface area contributed by atoms with Crippen LogP contribution in [0.4, 0.5) is 5.69 Å². The molecule has 3 nitrogen and oxygen atoms in total. The predicted molar refractivity (Wildman–Crippen MR) is 87.6 cm³/mol. The summed E-state index contributed by atoms with van der Waals surface area (Å²) in [5, 5.41) is 3.40. The summed E-state index contributed by atoms with van der Waals surface area (Å²) in [4.78, 5) is 6.79. The minimum Gasteiger partial charge on any atom is -0.371 e. The molecule has 0 spiro atoms. The molecule has 1 aromatic carbocycles. The molecular formula is C18H23N3. The monoisotopic (exact) mass is 281 g/mol. The highest BCUT2D eigenvalue weighted by Gasteiger charge is 2.25. The summed E-state index contributed by atoms with van der Waals surface area (Å²) in [6.45, 7) is 6.25. The summed E-state index contributed by atoms with van der Waals surface area (Å²) in [6, 6.07) is 13.0. The van der Waals surface area contributed by atoms with Gasteiger partial charge in [0.05, 0.1) is 0 Å². The number of benzene rings is 1. The van der Waals surface area contributed by atoms with Gasteiger partial charge in [-0.1, -0.05) is 37.3 Å². The Morgan fingerprint density at radius 1 is 1.24 bits per heavy atom. The lowest BCUT2D eigenvalue weighted by molar-refractivity contribution is 0.720. The van der Waals surface area contributed by atoms with Crippen molar-refractivity contribution in [3.8, 4) is 0 Å². The summed E-state index contributed by atoms with van der Waals surface area (Å²) in [5.41, 5.74) is 4.10. The first kappa shape index (κ1) is 14.1. The van der Waals surface area contributed by atoms with Gasteiger partial charge in [0.25, 0.3) is 0 Å². The highest BCUT2D eigenvalue weighted by atomic mass is 15.2. The molecule has 21 heavy (non-hydrogen) atoms. The van der Waals surface area contributed by atoms with Crippen molar-refractivity contribution in [1.82, 2.24) is 10.3 Å². The van der Waals surface area contributed by atoms with Crippen molar-refractivity contribution >= 4 is 5.69 Å². The van der Waals surface area contributed by atoms with Crippen molar-refractivity contribution in [2.45, 2.75) is 25.8 Å². The number of nitrogens with one attached hydrogen (secondary N) is 1. The third-order valence-corrected chi connectivity index (χ3v) is 4.24. The molecule has 2 heterocycles. The maximum absolute atomic E-state index is 4.28. The quantitative estimate of drug-likeness (QED) is 0.912. The maximum atomic E-state index is 4.28. The Morgan fingerprint density at radius 2 is 2.10 bits per heavy atom. The van der Waals surface area contributed by atoms with E-state index in [9.17, 15) is 0 Å². The summed E-state index contributed by atoms with van der Waals surface area (Å²) in [6.07, 6.45) is 5.13. The molecule has 110 valence electrons. The molecular weight excluding hydrogens is 258 g/mol. The van der Waals surface area contributed by atoms with Gasteiger partial charge in [0, 0.05) is 49.2 Å². The van der Waals surface area contributed by atoms with E-state index in [4.69, 9.17) is 0 Å². The smallest absolute Gasteiger partial charge is 0.0443 e. The molecule has 0 radical (unpaired) electrons. The van der Waals surface area contributed by atoms with Crippen molar-refractivity contribution in [2.75, 3.05) is 24.5 Å². The Kier molecular flexibility index (Phi) is 4.51. The molecule has 1 N–H and O–H groups in total. The number of nitrogens with zero attached hydrogens (tertiary/aromatic N) is 2. The molecule has 0 bridgehead atoms. The Hall–Kier alpha value is -1.87. The fourth-order valence-electron chi connectivity index (χ4n) is 3.10. The average molecular weight is 281 g/mol. The second-order valence-corrected chi connectivity index (χ2v) is 5.63. The van der Waals surface area contributed by atoms with Crippen LogP contribution in [0.3, 0.4) is 0 Å². The molecule has 1 atom stereocenters. The van der Waals surface area contributed by atoms with Gasteiger partial charge in [-0.25, -0.2) is 0 Å². The van der Waals surface area contributed by atoms with E-state index in [1.54, 1.807) is 0 Å². The molecule has 3 rings (SSSR count). The highest BCUT2D eigenvalue weighted by molar-refractivity contribution is 5.53. The first-order chi connectivity index (χ1) is 10.4.